The molecular formula is C31H41FN8O3. The van der Waals surface area contributed by atoms with Crippen molar-refractivity contribution in [1.29, 1.82) is 0 Å². The highest BCUT2D eigenvalue weighted by molar-refractivity contribution is 5.79. The first kappa shape index (κ1) is 29.6. The lowest BCUT2D eigenvalue weighted by Gasteiger charge is -2.39. The number of carbonyl (C=O) groups is 1. The molecule has 0 saturated carbocycles. The number of hydrogen-bond acceptors (Lipinski definition) is 6. The van der Waals surface area contributed by atoms with Crippen LogP contribution >= 0.6 is 0 Å². The molecule has 1 amide bonds. The van der Waals surface area contributed by atoms with Crippen LogP contribution in [0, 0.1) is 11.7 Å². The molecule has 1 unspecified atom stereocenters. The Bertz CT molecular complexity index is 1500. The van der Waals surface area contributed by atoms with Crippen LogP contribution in [0.15, 0.2) is 41.3 Å². The van der Waals surface area contributed by atoms with Crippen LogP contribution in [0.3, 0.4) is 0 Å². The quantitative estimate of drug-likeness (QED) is 0.401. The molecule has 43 heavy (non-hydrogen) atoms. The van der Waals surface area contributed by atoms with Crippen LogP contribution in [0.4, 0.5) is 10.2 Å². The lowest BCUT2D eigenvalue weighted by Crippen LogP contribution is -2.55. The second kappa shape index (κ2) is 13.0. The third-order valence-electron chi connectivity index (χ3n) is 9.62. The van der Waals surface area contributed by atoms with Crippen LogP contribution in [0.1, 0.15) is 50.3 Å². The van der Waals surface area contributed by atoms with E-state index in [2.05, 4.69) is 26.8 Å². The summed E-state index contributed by atoms with van der Waals surface area (Å²) in [5, 5.41) is 2.11. The molecule has 3 aliphatic rings. The molecule has 0 aliphatic carbocycles. The van der Waals surface area contributed by atoms with E-state index < -0.39 is 0 Å². The molecule has 1 aromatic carbocycles. The van der Waals surface area contributed by atoms with Crippen molar-refractivity contribution in [2.24, 2.45) is 5.92 Å². The van der Waals surface area contributed by atoms with Crippen LogP contribution in [0.2, 0.25) is 0 Å². The highest BCUT2D eigenvalue weighted by Crippen LogP contribution is 2.31. The minimum Gasteiger partial charge on any atom is -0.614 e. The predicted octanol–water partition coefficient (Wildman–Crippen LogP) is 2.04. The number of aromatic nitrogens is 3. The molecule has 3 aromatic rings. The molecule has 3 saturated heterocycles. The molecule has 12 heteroatoms. The summed E-state index contributed by atoms with van der Waals surface area (Å²) in [7, 11) is 0. The Kier molecular flexibility index (Phi) is 8.96. The Labute approximate surface area is 250 Å². The van der Waals surface area contributed by atoms with Crippen LogP contribution in [-0.2, 0) is 16.1 Å². The number of piperidine rings is 2. The van der Waals surface area contributed by atoms with Gasteiger partial charge in [0.1, 0.15) is 12.0 Å². The number of morpholine rings is 1. The van der Waals surface area contributed by atoms with Gasteiger partial charge in [-0.15, -0.1) is 0 Å². The van der Waals surface area contributed by atoms with E-state index in [9.17, 15) is 19.5 Å². The van der Waals surface area contributed by atoms with Crippen molar-refractivity contribution in [2.45, 2.75) is 51.2 Å². The Hall–Kier alpha value is -3.48. The molecular weight excluding hydrogens is 551 g/mol. The maximum atomic E-state index is 14.3. The van der Waals surface area contributed by atoms with Crippen molar-refractivity contribution < 1.29 is 19.0 Å². The molecule has 5 heterocycles. The number of benzene rings is 1. The number of rotatable bonds is 8. The van der Waals surface area contributed by atoms with Crippen molar-refractivity contribution in [3.05, 3.63) is 63.9 Å². The molecule has 230 valence electrons. The molecule has 2 aromatic heterocycles. The maximum absolute atomic E-state index is 14.3. The van der Waals surface area contributed by atoms with Gasteiger partial charge < -0.3 is 20.3 Å². The van der Waals surface area contributed by atoms with Crippen LogP contribution in [-0.4, -0.2) is 93.8 Å². The fourth-order valence-electron chi connectivity index (χ4n) is 7.00. The third kappa shape index (κ3) is 6.27. The molecule has 0 radical (unpaired) electrons. The summed E-state index contributed by atoms with van der Waals surface area (Å²) in [6.07, 6.45) is 4.69. The monoisotopic (exact) mass is 592 g/mol. The van der Waals surface area contributed by atoms with Crippen molar-refractivity contribution in [3.8, 4) is 0 Å². The van der Waals surface area contributed by atoms with E-state index >= 15 is 0 Å². The normalized spacial score (nSPS) is 20.5. The minimum absolute atomic E-state index is 0.0000851. The Balaban J connectivity index is 1.07. The zero-order valence-corrected chi connectivity index (χ0v) is 24.8. The summed E-state index contributed by atoms with van der Waals surface area (Å²) in [5.74, 6) is 0.284. The van der Waals surface area contributed by atoms with Gasteiger partial charge in [-0.25, -0.2) is 9.18 Å². The molecule has 0 bridgehead atoms. The Morgan fingerprint density at radius 3 is 2.49 bits per heavy atom. The predicted molar refractivity (Wildman–Crippen MR) is 159 cm³/mol. The number of hydrogen-bond donors (Lipinski definition) is 1. The van der Waals surface area contributed by atoms with E-state index in [0.717, 1.165) is 50.1 Å². The first-order valence-corrected chi connectivity index (χ1v) is 15.5. The zero-order valence-electron chi connectivity index (χ0n) is 24.8. The summed E-state index contributed by atoms with van der Waals surface area (Å²) >= 11 is 0. The summed E-state index contributed by atoms with van der Waals surface area (Å²) in [4.78, 5) is 37.9. The maximum Gasteiger partial charge on any atom is 0.329 e. The average Bonchev–Trinajstić information content (AvgIpc) is 3.33. The molecule has 3 fully saturated rings. The average molecular weight is 593 g/mol. The van der Waals surface area contributed by atoms with Crippen molar-refractivity contribution in [2.75, 3.05) is 59.0 Å². The number of pyridine rings is 1. The van der Waals surface area contributed by atoms with Crippen molar-refractivity contribution >= 4 is 22.8 Å². The number of likely N-dealkylation sites (tertiary alicyclic amines) is 2. The first-order chi connectivity index (χ1) is 20.9. The number of ether oxygens (including phenoxy) is 1. The summed E-state index contributed by atoms with van der Waals surface area (Å²) in [6, 6.07) is 8.53. The molecule has 1 N–H and O–H groups in total. The topological polar surface area (TPSA) is 112 Å². The third-order valence-corrected chi connectivity index (χ3v) is 9.62. The number of carbonyl (C=O) groups excluding carboxylic acids is 1. The summed E-state index contributed by atoms with van der Waals surface area (Å²) in [5.41, 5.74) is 11.5. The fourth-order valence-corrected chi connectivity index (χ4v) is 7.00. The van der Waals surface area contributed by atoms with E-state index in [1.54, 1.807) is 16.8 Å². The van der Waals surface area contributed by atoms with Crippen LogP contribution in [0.25, 0.3) is 16.6 Å². The van der Waals surface area contributed by atoms with Gasteiger partial charge in [-0.05, 0) is 75.5 Å². The van der Waals surface area contributed by atoms with Gasteiger partial charge in [-0.2, -0.15) is 0 Å². The van der Waals surface area contributed by atoms with Crippen molar-refractivity contribution in [3.63, 3.8) is 0 Å². The highest BCUT2D eigenvalue weighted by Gasteiger charge is 2.33. The van der Waals surface area contributed by atoms with Gasteiger partial charge in [-0.1, -0.05) is 4.98 Å². The SMILES string of the molecule is CC(c1ccnc([NH+]=[N-])c1)N1CCC(C(=O)N2CCC(n3c(=O)n(CCN4CCOCC4)c4cc(F)ccc43)CC2)CC1. The van der Waals surface area contributed by atoms with Gasteiger partial charge in [0.2, 0.25) is 5.91 Å². The van der Waals surface area contributed by atoms with E-state index in [0.29, 0.717) is 63.6 Å². The fraction of sp³-hybridized carbons (Fsp3) is 0.581. The highest BCUT2D eigenvalue weighted by atomic mass is 19.1. The molecule has 11 nitrogen and oxygen atoms in total. The molecule has 1 atom stereocenters. The second-order valence-corrected chi connectivity index (χ2v) is 12.0. The number of amides is 1. The summed E-state index contributed by atoms with van der Waals surface area (Å²) in [6.45, 7) is 9.29. The number of imidazole rings is 1. The van der Waals surface area contributed by atoms with Gasteiger partial charge in [0.05, 0.1) is 24.2 Å². The molecule has 0 spiro atoms. The standard InChI is InChI=1S/C31H41FN8O3/c1-22(24-4-9-34-29(20-24)35-33)37-10-5-23(6-11-37)30(41)38-12-7-26(8-13-38)40-27-3-2-25(32)21-28(27)39(31(40)42)15-14-36-16-18-43-19-17-36/h2-4,9,20-23,26,35H,5-8,10-19H2,1H3. The van der Waals surface area contributed by atoms with E-state index in [1.165, 1.54) is 12.1 Å². The molecule has 6 rings (SSSR count). The smallest absolute Gasteiger partial charge is 0.329 e. The molecule has 3 aliphatic heterocycles. The number of fused-ring (bicyclic) bond motifs is 1. The van der Waals surface area contributed by atoms with Gasteiger partial charge in [0.15, 0.2) is 0 Å². The number of nitrogens with one attached hydrogen (secondary N) is 1. The largest absolute Gasteiger partial charge is 0.614 e. The van der Waals surface area contributed by atoms with Gasteiger partial charge in [-0.3, -0.25) is 23.7 Å². The first-order valence-electron chi connectivity index (χ1n) is 15.5. The van der Waals surface area contributed by atoms with E-state index in [4.69, 9.17) is 4.74 Å². The van der Waals surface area contributed by atoms with Gasteiger partial charge in [0.25, 0.3) is 0 Å². The van der Waals surface area contributed by atoms with E-state index in [-0.39, 0.29) is 35.4 Å². The lowest BCUT2D eigenvalue weighted by molar-refractivity contribution is -0.384. The summed E-state index contributed by atoms with van der Waals surface area (Å²) < 4.78 is 23.3. The minimum atomic E-state index is -0.349. The van der Waals surface area contributed by atoms with Crippen LogP contribution < -0.4 is 10.8 Å². The Morgan fingerprint density at radius 2 is 1.77 bits per heavy atom. The lowest BCUT2D eigenvalue weighted by atomic mass is 9.92. The Morgan fingerprint density at radius 1 is 1.02 bits per heavy atom. The van der Waals surface area contributed by atoms with Crippen LogP contribution in [0.5, 0.6) is 0 Å². The second-order valence-electron chi connectivity index (χ2n) is 12.0. The van der Waals surface area contributed by atoms with Gasteiger partial charge >= 0.3 is 11.5 Å². The number of nitrogens with zero attached hydrogens (tertiary/aromatic N) is 7. The van der Waals surface area contributed by atoms with Crippen molar-refractivity contribution in [1.82, 2.24) is 28.8 Å². The van der Waals surface area contributed by atoms with Gasteiger partial charge in [0, 0.05) is 63.3 Å². The van der Waals surface area contributed by atoms with E-state index in [1.807, 2.05) is 21.6 Å². The number of halogens is 1. The zero-order chi connectivity index (χ0) is 29.9.